The average molecular weight is 1100 g/mol. The SMILES string of the molecule is CC(=O)NC1C(OC2C(NC(C)=O)C(OCc3ccccc3)OC3COC(c4ccccc4)OC32)OC(C)C(OC(C)=O)C1OC1OC(COCc2ccccc2)C(OCc2ccccc2)C(OCc2ccccc2)C1NC(C)=O. The first-order valence-electron chi connectivity index (χ1n) is 27.0. The number of hydrogen-bond acceptors (Lipinski definition) is 16. The second-order valence-corrected chi connectivity index (χ2v) is 20.2. The van der Waals surface area contributed by atoms with Crippen molar-refractivity contribution in [3.05, 3.63) is 179 Å². The lowest BCUT2D eigenvalue weighted by Crippen LogP contribution is -2.72. The largest absolute Gasteiger partial charge is 0.457 e. The molecular weight excluding hydrogens is 1030 g/mol. The standard InChI is InChI=1S/C61H71N3O16/c1-37-52(75-41(5)68)56(79-61-49(62-38(2)65)55(71-33-44-25-15-8-16-26-44)53(70-32-43-23-13-7-14-24-43)47(77-61)35-69-31-42-21-11-6-12-22-42)51(64-40(4)67)60(74-37)80-57-50(63-39(3)66)59(72-34-45-27-17-9-18-28-45)76-48-36-73-58(78-54(48)57)46-29-19-10-20-30-46/h6-30,37,47-61H,31-36H2,1-5H3,(H,62,65)(H,63,66)(H,64,67). The molecule has 3 N–H and O–H groups in total. The summed E-state index contributed by atoms with van der Waals surface area (Å²) in [6.07, 6.45) is -14.0. The summed E-state index contributed by atoms with van der Waals surface area (Å²) in [4.78, 5) is 53.6. The van der Waals surface area contributed by atoms with E-state index >= 15 is 0 Å². The van der Waals surface area contributed by atoms with E-state index in [1.165, 1.54) is 27.7 Å². The number of ether oxygens (including phenoxy) is 12. The molecule has 0 aliphatic carbocycles. The minimum atomic E-state index is -1.43. The van der Waals surface area contributed by atoms with Crippen molar-refractivity contribution in [2.24, 2.45) is 0 Å². The van der Waals surface area contributed by atoms with Gasteiger partial charge in [0.1, 0.15) is 60.9 Å². The number of benzene rings is 5. The van der Waals surface area contributed by atoms with Crippen LogP contribution in [0.15, 0.2) is 152 Å². The maximum Gasteiger partial charge on any atom is 0.303 e. The number of amides is 3. The van der Waals surface area contributed by atoms with E-state index in [-0.39, 0.29) is 39.6 Å². The van der Waals surface area contributed by atoms with Crippen molar-refractivity contribution in [2.75, 3.05) is 13.2 Å². The van der Waals surface area contributed by atoms with Crippen molar-refractivity contribution >= 4 is 23.7 Å². The number of nitrogens with one attached hydrogen (secondary N) is 3. The topological polar surface area (TPSA) is 215 Å². The monoisotopic (exact) mass is 1100 g/mol. The molecule has 3 amide bonds. The summed E-state index contributed by atoms with van der Waals surface area (Å²) in [6, 6.07) is 44.2. The Balaban J connectivity index is 1.09. The zero-order valence-corrected chi connectivity index (χ0v) is 45.4. The fourth-order valence-corrected chi connectivity index (χ4v) is 10.5. The molecule has 9 rings (SSSR count). The van der Waals surface area contributed by atoms with Crippen LogP contribution in [-0.2, 0) is 102 Å². The Morgan fingerprint density at radius 1 is 0.475 bits per heavy atom. The number of rotatable bonds is 22. The Morgan fingerprint density at radius 2 is 0.925 bits per heavy atom. The van der Waals surface area contributed by atoms with Crippen LogP contribution in [0.3, 0.4) is 0 Å². The molecule has 19 nitrogen and oxygen atoms in total. The van der Waals surface area contributed by atoms with E-state index in [4.69, 9.17) is 56.8 Å². The van der Waals surface area contributed by atoms with E-state index < -0.39 is 122 Å². The van der Waals surface area contributed by atoms with Crippen molar-refractivity contribution in [3.63, 3.8) is 0 Å². The van der Waals surface area contributed by atoms with Gasteiger partial charge in [-0.1, -0.05) is 152 Å². The van der Waals surface area contributed by atoms with Crippen LogP contribution in [0.25, 0.3) is 0 Å². The zero-order chi connectivity index (χ0) is 56.0. The van der Waals surface area contributed by atoms with Crippen LogP contribution in [0, 0.1) is 0 Å². The van der Waals surface area contributed by atoms with Crippen LogP contribution in [0.1, 0.15) is 68.7 Å². The van der Waals surface area contributed by atoms with Crippen molar-refractivity contribution in [1.82, 2.24) is 16.0 Å². The molecule has 19 heteroatoms. The second kappa shape index (κ2) is 28.3. The molecular formula is C61H71N3O16. The third kappa shape index (κ3) is 15.5. The molecule has 16 atom stereocenters. The van der Waals surface area contributed by atoms with Crippen molar-refractivity contribution in [1.29, 1.82) is 0 Å². The average Bonchev–Trinajstić information content (AvgIpc) is 3.56. The predicted octanol–water partition coefficient (Wildman–Crippen LogP) is 6.12. The minimum absolute atomic E-state index is 0.0251. The van der Waals surface area contributed by atoms with Gasteiger partial charge in [0.15, 0.2) is 31.3 Å². The molecule has 0 bridgehead atoms. The Bertz CT molecular complexity index is 2730. The minimum Gasteiger partial charge on any atom is -0.457 e. The summed E-state index contributed by atoms with van der Waals surface area (Å²) in [6.45, 7) is 7.58. The fourth-order valence-electron chi connectivity index (χ4n) is 10.5. The number of carbonyl (C=O) groups is 4. The number of esters is 1. The third-order valence-corrected chi connectivity index (χ3v) is 14.1. The van der Waals surface area contributed by atoms with E-state index in [2.05, 4.69) is 16.0 Å². The highest BCUT2D eigenvalue weighted by Gasteiger charge is 2.58. The van der Waals surface area contributed by atoms with Gasteiger partial charge in [-0.2, -0.15) is 0 Å². The van der Waals surface area contributed by atoms with E-state index in [9.17, 15) is 19.2 Å². The molecule has 80 heavy (non-hydrogen) atoms. The first kappa shape index (κ1) is 58.2. The summed E-state index contributed by atoms with van der Waals surface area (Å²) in [5.74, 6) is -2.06. The van der Waals surface area contributed by atoms with E-state index in [0.717, 1.165) is 27.8 Å². The van der Waals surface area contributed by atoms with Gasteiger partial charge in [0, 0.05) is 33.3 Å². The lowest BCUT2D eigenvalue weighted by Gasteiger charge is -2.52. The van der Waals surface area contributed by atoms with Gasteiger partial charge in [0.2, 0.25) is 17.7 Å². The lowest BCUT2D eigenvalue weighted by molar-refractivity contribution is -0.376. The molecule has 0 radical (unpaired) electrons. The summed E-state index contributed by atoms with van der Waals surface area (Å²) in [5.41, 5.74) is 4.22. The van der Waals surface area contributed by atoms with Crippen LogP contribution in [-0.4, -0.2) is 129 Å². The Hall–Kier alpha value is -6.46. The molecule has 426 valence electrons. The van der Waals surface area contributed by atoms with Gasteiger partial charge in [-0.3, -0.25) is 19.2 Å². The highest BCUT2D eigenvalue weighted by Crippen LogP contribution is 2.40. The van der Waals surface area contributed by atoms with Gasteiger partial charge in [-0.15, -0.1) is 0 Å². The lowest BCUT2D eigenvalue weighted by atomic mass is 9.93. The molecule has 4 aliphatic heterocycles. The van der Waals surface area contributed by atoms with Gasteiger partial charge in [-0.25, -0.2) is 0 Å². The Kier molecular flexibility index (Phi) is 20.6. The molecule has 0 saturated carbocycles. The van der Waals surface area contributed by atoms with E-state index in [1.807, 2.05) is 152 Å². The van der Waals surface area contributed by atoms with Gasteiger partial charge in [0.05, 0.1) is 45.7 Å². The van der Waals surface area contributed by atoms with Crippen molar-refractivity contribution in [3.8, 4) is 0 Å². The molecule has 5 aromatic carbocycles. The molecule has 0 aromatic heterocycles. The highest BCUT2D eigenvalue weighted by molar-refractivity contribution is 5.74. The van der Waals surface area contributed by atoms with Crippen LogP contribution in [0.5, 0.6) is 0 Å². The highest BCUT2D eigenvalue weighted by atomic mass is 16.8. The summed E-state index contributed by atoms with van der Waals surface area (Å²) in [5, 5.41) is 9.04. The summed E-state index contributed by atoms with van der Waals surface area (Å²) >= 11 is 0. The Morgan fingerprint density at radius 3 is 1.45 bits per heavy atom. The van der Waals surface area contributed by atoms with Crippen LogP contribution >= 0.6 is 0 Å². The van der Waals surface area contributed by atoms with E-state index in [1.54, 1.807) is 6.92 Å². The molecule has 4 fully saturated rings. The first-order valence-corrected chi connectivity index (χ1v) is 27.0. The molecule has 4 heterocycles. The maximum atomic E-state index is 13.6. The van der Waals surface area contributed by atoms with Crippen LogP contribution in [0.4, 0.5) is 0 Å². The molecule has 5 aromatic rings. The van der Waals surface area contributed by atoms with Gasteiger partial charge < -0.3 is 72.8 Å². The maximum absolute atomic E-state index is 13.6. The first-order chi connectivity index (χ1) is 38.9. The fraction of sp³-hybridized carbons (Fsp3) is 0.443. The summed E-state index contributed by atoms with van der Waals surface area (Å²) < 4.78 is 80.2. The van der Waals surface area contributed by atoms with Gasteiger partial charge in [-0.05, 0) is 29.2 Å². The molecule has 4 aliphatic rings. The molecule has 0 spiro atoms. The Labute approximate surface area is 466 Å². The van der Waals surface area contributed by atoms with Crippen LogP contribution in [0.2, 0.25) is 0 Å². The number of hydrogen-bond donors (Lipinski definition) is 3. The third-order valence-electron chi connectivity index (χ3n) is 14.1. The van der Waals surface area contributed by atoms with E-state index in [0.29, 0.717) is 0 Å². The summed E-state index contributed by atoms with van der Waals surface area (Å²) in [7, 11) is 0. The number of fused-ring (bicyclic) bond motifs is 1. The number of carbonyl (C=O) groups excluding carboxylic acids is 4. The normalized spacial score (nSPS) is 30.3. The smallest absolute Gasteiger partial charge is 0.303 e. The van der Waals surface area contributed by atoms with Crippen molar-refractivity contribution < 1.29 is 76.0 Å². The quantitative estimate of drug-likeness (QED) is 0.0666. The second-order valence-electron chi connectivity index (χ2n) is 20.2. The zero-order valence-electron chi connectivity index (χ0n) is 45.4. The van der Waals surface area contributed by atoms with Gasteiger partial charge in [0.25, 0.3) is 0 Å². The van der Waals surface area contributed by atoms with Crippen LogP contribution < -0.4 is 16.0 Å². The van der Waals surface area contributed by atoms with Crippen molar-refractivity contribution in [2.45, 2.75) is 159 Å². The van der Waals surface area contributed by atoms with Gasteiger partial charge >= 0.3 is 5.97 Å². The predicted molar refractivity (Wildman–Crippen MR) is 287 cm³/mol. The molecule has 16 unspecified atom stereocenters. The molecule has 4 saturated heterocycles.